The predicted molar refractivity (Wildman–Crippen MR) is 74.2 cm³/mol. The lowest BCUT2D eigenvalue weighted by Gasteiger charge is -2.18. The maximum absolute atomic E-state index is 4.07. The Bertz CT molecular complexity index is 400. The van der Waals surface area contributed by atoms with Gasteiger partial charge in [0.1, 0.15) is 0 Å². The molecule has 1 aromatic heterocycles. The van der Waals surface area contributed by atoms with Gasteiger partial charge in [0.25, 0.3) is 0 Å². The molecular weight excluding hydrogens is 212 g/mol. The summed E-state index contributed by atoms with van der Waals surface area (Å²) in [6.45, 7) is 13.1. The van der Waals surface area contributed by atoms with Gasteiger partial charge in [-0.15, -0.1) is 11.3 Å². The Hall–Kier alpha value is -0.560. The Labute approximate surface area is 103 Å². The zero-order valence-corrected chi connectivity index (χ0v) is 11.7. The molecule has 1 heteroatoms. The van der Waals surface area contributed by atoms with Gasteiger partial charge in [0.05, 0.1) is 0 Å². The molecule has 0 nitrogen and oxygen atoms in total. The normalized spacial score (nSPS) is 16.5. The van der Waals surface area contributed by atoms with Crippen molar-refractivity contribution in [3.8, 4) is 0 Å². The van der Waals surface area contributed by atoms with Crippen LogP contribution in [0.5, 0.6) is 0 Å². The first kappa shape index (κ1) is 11.9. The summed E-state index contributed by atoms with van der Waals surface area (Å²) >= 11 is 1.98. The van der Waals surface area contributed by atoms with Gasteiger partial charge in [-0.05, 0) is 54.7 Å². The lowest BCUT2D eigenvalue weighted by Crippen LogP contribution is -2.09. The van der Waals surface area contributed by atoms with Crippen LogP contribution >= 0.6 is 11.3 Å². The second-order valence-corrected chi connectivity index (χ2v) is 7.38. The number of hydrogen-bond donors (Lipinski definition) is 0. The highest BCUT2D eigenvalue weighted by atomic mass is 32.1. The zero-order valence-electron chi connectivity index (χ0n) is 10.9. The molecule has 0 atom stereocenters. The fourth-order valence-electron chi connectivity index (χ4n) is 2.05. The SMILES string of the molecule is C=C(C)c1cc(CC(C)(C)C)c(C2CC2)s1. The standard InChI is InChI=1S/C15H22S/c1-10(2)13-8-12(9-15(3,4)5)14(16-13)11-6-7-11/h8,11H,1,6-7,9H2,2-5H3. The van der Waals surface area contributed by atoms with E-state index in [0.29, 0.717) is 5.41 Å². The van der Waals surface area contributed by atoms with Gasteiger partial charge in [-0.25, -0.2) is 0 Å². The molecule has 1 aromatic rings. The van der Waals surface area contributed by atoms with Crippen LogP contribution in [0.3, 0.4) is 0 Å². The highest BCUT2D eigenvalue weighted by Gasteiger charge is 2.29. The van der Waals surface area contributed by atoms with Gasteiger partial charge in [-0.1, -0.05) is 27.4 Å². The molecule has 1 fully saturated rings. The minimum Gasteiger partial charge on any atom is -0.140 e. The van der Waals surface area contributed by atoms with Crippen molar-refractivity contribution in [2.24, 2.45) is 5.41 Å². The molecule has 1 aliphatic rings. The summed E-state index contributed by atoms with van der Waals surface area (Å²) in [5.74, 6) is 0.871. The summed E-state index contributed by atoms with van der Waals surface area (Å²) in [5, 5.41) is 0. The Morgan fingerprint density at radius 2 is 2.06 bits per heavy atom. The largest absolute Gasteiger partial charge is 0.140 e. The molecule has 1 aliphatic carbocycles. The van der Waals surface area contributed by atoms with Gasteiger partial charge in [0.15, 0.2) is 0 Å². The Morgan fingerprint density at radius 1 is 1.44 bits per heavy atom. The minimum atomic E-state index is 0.386. The summed E-state index contributed by atoms with van der Waals surface area (Å²) in [7, 11) is 0. The van der Waals surface area contributed by atoms with Crippen LogP contribution in [0.4, 0.5) is 0 Å². The van der Waals surface area contributed by atoms with E-state index in [2.05, 4.69) is 40.3 Å². The number of hydrogen-bond acceptors (Lipinski definition) is 1. The van der Waals surface area contributed by atoms with E-state index in [9.17, 15) is 0 Å². The highest BCUT2D eigenvalue weighted by Crippen LogP contribution is 2.47. The molecule has 1 heterocycles. The van der Waals surface area contributed by atoms with Crippen LogP contribution in [0, 0.1) is 5.41 Å². The van der Waals surface area contributed by atoms with Gasteiger partial charge < -0.3 is 0 Å². The average Bonchev–Trinajstić information content (AvgIpc) is 2.86. The first-order valence-electron chi connectivity index (χ1n) is 6.15. The van der Waals surface area contributed by atoms with Gasteiger partial charge in [-0.2, -0.15) is 0 Å². The van der Waals surface area contributed by atoms with Crippen molar-refractivity contribution in [3.63, 3.8) is 0 Å². The van der Waals surface area contributed by atoms with Gasteiger partial charge in [0, 0.05) is 9.75 Å². The molecule has 0 radical (unpaired) electrons. The Balaban J connectivity index is 2.30. The van der Waals surface area contributed by atoms with Gasteiger partial charge >= 0.3 is 0 Å². The summed E-state index contributed by atoms with van der Waals surface area (Å²) in [4.78, 5) is 3.04. The summed E-state index contributed by atoms with van der Waals surface area (Å²) < 4.78 is 0. The maximum Gasteiger partial charge on any atom is 0.0299 e. The summed E-state index contributed by atoms with van der Waals surface area (Å²) in [5.41, 5.74) is 3.18. The predicted octanol–water partition coefficient (Wildman–Crippen LogP) is 5.25. The third kappa shape index (κ3) is 2.76. The molecule has 0 amide bonds. The van der Waals surface area contributed by atoms with E-state index >= 15 is 0 Å². The molecule has 0 N–H and O–H groups in total. The zero-order chi connectivity index (χ0) is 11.9. The third-order valence-corrected chi connectivity index (χ3v) is 4.43. The molecule has 2 rings (SSSR count). The summed E-state index contributed by atoms with van der Waals surface area (Å²) in [6, 6.07) is 2.38. The lowest BCUT2D eigenvalue weighted by atomic mass is 9.87. The smallest absolute Gasteiger partial charge is 0.0299 e. The van der Waals surface area contributed by atoms with Crippen LogP contribution in [-0.2, 0) is 6.42 Å². The molecule has 1 saturated carbocycles. The van der Waals surface area contributed by atoms with E-state index in [-0.39, 0.29) is 0 Å². The molecule has 0 bridgehead atoms. The van der Waals surface area contributed by atoms with Crippen molar-refractivity contribution in [1.82, 2.24) is 0 Å². The van der Waals surface area contributed by atoms with Crippen molar-refractivity contribution < 1.29 is 0 Å². The average molecular weight is 234 g/mol. The van der Waals surface area contributed by atoms with E-state index in [4.69, 9.17) is 0 Å². The fourth-order valence-corrected chi connectivity index (χ4v) is 3.33. The van der Waals surface area contributed by atoms with Crippen LogP contribution in [0.1, 0.15) is 61.8 Å². The lowest BCUT2D eigenvalue weighted by molar-refractivity contribution is 0.410. The van der Waals surface area contributed by atoms with E-state index in [1.807, 2.05) is 11.3 Å². The Morgan fingerprint density at radius 3 is 2.50 bits per heavy atom. The van der Waals surface area contributed by atoms with Crippen LogP contribution in [0.25, 0.3) is 5.57 Å². The molecule has 0 saturated heterocycles. The summed E-state index contributed by atoms with van der Waals surface area (Å²) in [6.07, 6.45) is 3.99. The third-order valence-electron chi connectivity index (χ3n) is 2.93. The van der Waals surface area contributed by atoms with E-state index in [0.717, 1.165) is 5.92 Å². The molecule has 0 aliphatic heterocycles. The van der Waals surface area contributed by atoms with E-state index in [1.54, 1.807) is 10.4 Å². The number of allylic oxidation sites excluding steroid dienone is 1. The number of rotatable bonds is 3. The molecule has 0 unspecified atom stereocenters. The Kier molecular flexibility index (Phi) is 3.00. The van der Waals surface area contributed by atoms with Crippen LogP contribution in [0.2, 0.25) is 0 Å². The monoisotopic (exact) mass is 234 g/mol. The fraction of sp³-hybridized carbons (Fsp3) is 0.600. The maximum atomic E-state index is 4.07. The minimum absolute atomic E-state index is 0.386. The molecule has 16 heavy (non-hydrogen) atoms. The van der Waals surface area contributed by atoms with Crippen LogP contribution in [0.15, 0.2) is 12.6 Å². The molecular formula is C15H22S. The topological polar surface area (TPSA) is 0 Å². The number of thiophene rings is 1. The molecule has 0 aromatic carbocycles. The van der Waals surface area contributed by atoms with Gasteiger partial charge in [-0.3, -0.25) is 0 Å². The molecule has 88 valence electrons. The van der Waals surface area contributed by atoms with Crippen molar-refractivity contribution >= 4 is 16.9 Å². The van der Waals surface area contributed by atoms with Crippen molar-refractivity contribution in [2.75, 3.05) is 0 Å². The van der Waals surface area contributed by atoms with Crippen molar-refractivity contribution in [3.05, 3.63) is 28.0 Å². The first-order chi connectivity index (χ1) is 7.37. The quantitative estimate of drug-likeness (QED) is 0.670. The second kappa shape index (κ2) is 4.03. The van der Waals surface area contributed by atoms with E-state index in [1.165, 1.54) is 29.7 Å². The molecule has 0 spiro atoms. The van der Waals surface area contributed by atoms with Crippen LogP contribution < -0.4 is 0 Å². The van der Waals surface area contributed by atoms with E-state index < -0.39 is 0 Å². The van der Waals surface area contributed by atoms with Crippen molar-refractivity contribution in [2.45, 2.75) is 52.9 Å². The highest BCUT2D eigenvalue weighted by molar-refractivity contribution is 7.13. The second-order valence-electron chi connectivity index (χ2n) is 6.29. The van der Waals surface area contributed by atoms with Crippen molar-refractivity contribution in [1.29, 1.82) is 0 Å². The first-order valence-corrected chi connectivity index (χ1v) is 6.97. The van der Waals surface area contributed by atoms with Crippen LogP contribution in [-0.4, -0.2) is 0 Å². The van der Waals surface area contributed by atoms with Gasteiger partial charge in [0.2, 0.25) is 0 Å².